The Kier molecular flexibility index (Phi) is 4.90. The second-order valence-corrected chi connectivity index (χ2v) is 5.33. The number of Topliss-reactive ketones (excluding diaryl/α,β-unsaturated/α-hetero) is 1. The molecule has 2 heterocycles. The van der Waals surface area contributed by atoms with Crippen molar-refractivity contribution in [3.63, 3.8) is 0 Å². The smallest absolute Gasteiger partial charge is 0.248 e. The summed E-state index contributed by atoms with van der Waals surface area (Å²) in [5.74, 6) is 0.242. The molecule has 0 spiro atoms. The van der Waals surface area contributed by atoms with Crippen LogP contribution in [0.3, 0.4) is 0 Å². The van der Waals surface area contributed by atoms with Crippen molar-refractivity contribution in [2.75, 3.05) is 26.3 Å². The Balaban J connectivity index is 1.61. The predicted octanol–water partition coefficient (Wildman–Crippen LogP) is 1.50. The summed E-state index contributed by atoms with van der Waals surface area (Å²) in [5.41, 5.74) is 0. The van der Waals surface area contributed by atoms with Crippen molar-refractivity contribution in [2.45, 2.75) is 19.3 Å². The Morgan fingerprint density at radius 1 is 1.39 bits per heavy atom. The van der Waals surface area contributed by atoms with E-state index in [1.54, 1.807) is 16.2 Å². The molecule has 0 aliphatic carbocycles. The van der Waals surface area contributed by atoms with Crippen molar-refractivity contribution in [2.24, 2.45) is 0 Å². The molecule has 1 fully saturated rings. The van der Waals surface area contributed by atoms with Crippen LogP contribution in [0, 0.1) is 0 Å². The van der Waals surface area contributed by atoms with E-state index in [2.05, 4.69) is 6.07 Å². The Hall–Kier alpha value is -1.20. The number of hydrogen-bond donors (Lipinski definition) is 0. The maximum Gasteiger partial charge on any atom is 0.248 e. The number of piperidine rings is 1. The van der Waals surface area contributed by atoms with Crippen molar-refractivity contribution in [1.29, 1.82) is 0 Å². The van der Waals surface area contributed by atoms with E-state index in [4.69, 9.17) is 4.74 Å². The summed E-state index contributed by atoms with van der Waals surface area (Å²) in [5, 5.41) is 2.03. The van der Waals surface area contributed by atoms with Crippen LogP contribution in [0.25, 0.3) is 0 Å². The van der Waals surface area contributed by atoms with Gasteiger partial charge in [-0.3, -0.25) is 9.59 Å². The van der Waals surface area contributed by atoms with E-state index in [-0.39, 0.29) is 18.3 Å². The van der Waals surface area contributed by atoms with Gasteiger partial charge in [0.1, 0.15) is 12.4 Å². The zero-order valence-corrected chi connectivity index (χ0v) is 11.1. The van der Waals surface area contributed by atoms with Crippen LogP contribution >= 0.6 is 11.3 Å². The predicted molar refractivity (Wildman–Crippen MR) is 69.7 cm³/mol. The van der Waals surface area contributed by atoms with Gasteiger partial charge in [-0.15, -0.1) is 11.3 Å². The SMILES string of the molecule is O=C1CCN(C(=O)COCCc2cccs2)CC1. The molecule has 1 aromatic heterocycles. The normalized spacial score (nSPS) is 16.0. The fourth-order valence-electron chi connectivity index (χ4n) is 1.88. The van der Waals surface area contributed by atoms with Crippen LogP contribution in [0.5, 0.6) is 0 Å². The van der Waals surface area contributed by atoms with Gasteiger partial charge in [-0.1, -0.05) is 6.07 Å². The van der Waals surface area contributed by atoms with E-state index in [0.29, 0.717) is 32.5 Å². The molecule has 0 unspecified atom stereocenters. The molecular formula is C13H17NO3S. The van der Waals surface area contributed by atoms with E-state index in [0.717, 1.165) is 6.42 Å². The fourth-order valence-corrected chi connectivity index (χ4v) is 2.57. The van der Waals surface area contributed by atoms with Gasteiger partial charge in [0.05, 0.1) is 6.61 Å². The van der Waals surface area contributed by atoms with Crippen molar-refractivity contribution in [3.05, 3.63) is 22.4 Å². The Labute approximate surface area is 111 Å². The van der Waals surface area contributed by atoms with Crippen LogP contribution in [0.15, 0.2) is 17.5 Å². The summed E-state index contributed by atoms with van der Waals surface area (Å²) in [6, 6.07) is 4.07. The molecule has 4 nitrogen and oxygen atoms in total. The van der Waals surface area contributed by atoms with E-state index in [9.17, 15) is 9.59 Å². The molecule has 98 valence electrons. The van der Waals surface area contributed by atoms with Gasteiger partial charge in [0.25, 0.3) is 0 Å². The van der Waals surface area contributed by atoms with Crippen molar-refractivity contribution in [3.8, 4) is 0 Å². The maximum absolute atomic E-state index is 11.8. The summed E-state index contributed by atoms with van der Waals surface area (Å²) >= 11 is 1.70. The summed E-state index contributed by atoms with van der Waals surface area (Å²) in [6.07, 6.45) is 1.82. The van der Waals surface area contributed by atoms with Gasteiger partial charge in [-0.2, -0.15) is 0 Å². The average Bonchev–Trinajstić information content (AvgIpc) is 2.88. The first-order valence-electron chi connectivity index (χ1n) is 6.15. The topological polar surface area (TPSA) is 46.6 Å². The third-order valence-corrected chi connectivity index (χ3v) is 3.91. The van der Waals surface area contributed by atoms with Gasteiger partial charge < -0.3 is 9.64 Å². The number of ketones is 1. The first-order chi connectivity index (χ1) is 8.75. The van der Waals surface area contributed by atoms with Crippen LogP contribution in [0.4, 0.5) is 0 Å². The summed E-state index contributed by atoms with van der Waals surface area (Å²) in [7, 11) is 0. The number of likely N-dealkylation sites (tertiary alicyclic amines) is 1. The van der Waals surface area contributed by atoms with E-state index >= 15 is 0 Å². The van der Waals surface area contributed by atoms with Crippen LogP contribution in [-0.4, -0.2) is 42.9 Å². The lowest BCUT2D eigenvalue weighted by Gasteiger charge is -2.25. The van der Waals surface area contributed by atoms with Crippen LogP contribution in [0.1, 0.15) is 17.7 Å². The highest BCUT2D eigenvalue weighted by molar-refractivity contribution is 7.09. The molecular weight excluding hydrogens is 250 g/mol. The number of hydrogen-bond acceptors (Lipinski definition) is 4. The van der Waals surface area contributed by atoms with Gasteiger partial charge in [-0.25, -0.2) is 0 Å². The molecule has 18 heavy (non-hydrogen) atoms. The average molecular weight is 267 g/mol. The van der Waals surface area contributed by atoms with Gasteiger partial charge in [0.15, 0.2) is 0 Å². The van der Waals surface area contributed by atoms with Gasteiger partial charge >= 0.3 is 0 Å². The molecule has 0 N–H and O–H groups in total. The molecule has 0 saturated carbocycles. The van der Waals surface area contributed by atoms with Gasteiger partial charge in [0, 0.05) is 37.2 Å². The summed E-state index contributed by atoms with van der Waals surface area (Å²) < 4.78 is 5.38. The molecule has 1 aliphatic heterocycles. The Morgan fingerprint density at radius 3 is 2.83 bits per heavy atom. The molecule has 5 heteroatoms. The zero-order chi connectivity index (χ0) is 12.8. The highest BCUT2D eigenvalue weighted by Gasteiger charge is 2.20. The number of thiophene rings is 1. The van der Waals surface area contributed by atoms with E-state index in [1.807, 2.05) is 11.4 Å². The summed E-state index contributed by atoms with van der Waals surface area (Å²) in [4.78, 5) is 25.8. The third-order valence-electron chi connectivity index (χ3n) is 2.97. The number of rotatable bonds is 5. The fraction of sp³-hybridized carbons (Fsp3) is 0.538. The van der Waals surface area contributed by atoms with Gasteiger partial charge in [0.2, 0.25) is 5.91 Å². The minimum atomic E-state index is -0.00585. The summed E-state index contributed by atoms with van der Waals surface area (Å²) in [6.45, 7) is 1.79. The number of ether oxygens (including phenoxy) is 1. The van der Waals surface area contributed by atoms with E-state index in [1.165, 1.54) is 4.88 Å². The first kappa shape index (κ1) is 13.2. The van der Waals surface area contributed by atoms with Gasteiger partial charge in [-0.05, 0) is 11.4 Å². The molecule has 1 saturated heterocycles. The molecule has 0 radical (unpaired) electrons. The molecule has 0 bridgehead atoms. The first-order valence-corrected chi connectivity index (χ1v) is 7.03. The molecule has 2 rings (SSSR count). The lowest BCUT2D eigenvalue weighted by atomic mass is 10.1. The van der Waals surface area contributed by atoms with Crippen LogP contribution < -0.4 is 0 Å². The highest BCUT2D eigenvalue weighted by atomic mass is 32.1. The maximum atomic E-state index is 11.8. The largest absolute Gasteiger partial charge is 0.371 e. The van der Waals surface area contributed by atoms with Crippen molar-refractivity contribution < 1.29 is 14.3 Å². The minimum Gasteiger partial charge on any atom is -0.371 e. The molecule has 1 aromatic rings. The second kappa shape index (κ2) is 6.66. The zero-order valence-electron chi connectivity index (χ0n) is 10.3. The lowest BCUT2D eigenvalue weighted by Crippen LogP contribution is -2.40. The number of carbonyl (C=O) groups excluding carboxylic acids is 2. The number of carbonyl (C=O) groups is 2. The van der Waals surface area contributed by atoms with Crippen LogP contribution in [-0.2, 0) is 20.7 Å². The molecule has 0 aromatic carbocycles. The third kappa shape index (κ3) is 3.92. The Morgan fingerprint density at radius 2 is 2.17 bits per heavy atom. The molecule has 1 aliphatic rings. The van der Waals surface area contributed by atoms with Crippen LogP contribution in [0.2, 0.25) is 0 Å². The highest BCUT2D eigenvalue weighted by Crippen LogP contribution is 2.09. The molecule has 0 atom stereocenters. The van der Waals surface area contributed by atoms with Crippen molar-refractivity contribution >= 4 is 23.0 Å². The molecule has 1 amide bonds. The van der Waals surface area contributed by atoms with Crippen molar-refractivity contribution in [1.82, 2.24) is 4.90 Å². The minimum absolute atomic E-state index is 0.00585. The lowest BCUT2D eigenvalue weighted by molar-refractivity contribution is -0.138. The number of nitrogens with zero attached hydrogens (tertiary/aromatic N) is 1. The monoisotopic (exact) mass is 267 g/mol. The standard InChI is InChI=1S/C13H17NO3S/c15-11-3-6-14(7-4-11)13(16)10-17-8-5-12-2-1-9-18-12/h1-2,9H,3-8,10H2. The quantitative estimate of drug-likeness (QED) is 0.760. The second-order valence-electron chi connectivity index (χ2n) is 4.30. The number of amides is 1. The van der Waals surface area contributed by atoms with E-state index < -0.39 is 0 Å². The Bertz CT molecular complexity index is 392.